The van der Waals surface area contributed by atoms with Gasteiger partial charge in [-0.15, -0.1) is 5.10 Å². The van der Waals surface area contributed by atoms with Crippen molar-refractivity contribution < 1.29 is 9.90 Å². The standard InChI is InChI=1S/C12H12ClN3O3S/c1-6(2)16-11(19)14-15-12(16)20-7-3-4-8(10(17)18)9(13)5-7/h3-6H,1-2H3,(H,14,19)(H,17,18). The summed E-state index contributed by atoms with van der Waals surface area (Å²) in [4.78, 5) is 23.2. The van der Waals surface area contributed by atoms with Crippen LogP contribution in [0.3, 0.4) is 0 Å². The molecule has 0 spiro atoms. The SMILES string of the molecule is CC(C)n1c(Sc2ccc(C(=O)O)c(Cl)c2)n[nH]c1=O. The van der Waals surface area contributed by atoms with Crippen molar-refractivity contribution in [2.24, 2.45) is 0 Å². The van der Waals surface area contributed by atoms with Gasteiger partial charge in [0.2, 0.25) is 0 Å². The van der Waals surface area contributed by atoms with Crippen LogP contribution in [0.25, 0.3) is 0 Å². The van der Waals surface area contributed by atoms with Crippen molar-refractivity contribution in [1.82, 2.24) is 14.8 Å². The predicted octanol–water partition coefficient (Wildman–Crippen LogP) is 2.66. The van der Waals surface area contributed by atoms with E-state index in [2.05, 4.69) is 10.2 Å². The molecule has 2 N–H and O–H groups in total. The number of carbonyl (C=O) groups is 1. The molecule has 106 valence electrons. The lowest BCUT2D eigenvalue weighted by Gasteiger charge is -2.08. The Balaban J connectivity index is 2.34. The summed E-state index contributed by atoms with van der Waals surface area (Å²) in [5, 5.41) is 15.9. The van der Waals surface area contributed by atoms with E-state index in [4.69, 9.17) is 16.7 Å². The van der Waals surface area contributed by atoms with Gasteiger partial charge < -0.3 is 5.11 Å². The molecule has 1 heterocycles. The highest BCUT2D eigenvalue weighted by molar-refractivity contribution is 7.99. The summed E-state index contributed by atoms with van der Waals surface area (Å²) in [5.74, 6) is -1.08. The molecule has 0 saturated heterocycles. The zero-order valence-corrected chi connectivity index (χ0v) is 12.3. The second-order valence-electron chi connectivity index (χ2n) is 4.32. The van der Waals surface area contributed by atoms with Crippen LogP contribution in [-0.2, 0) is 0 Å². The number of aromatic amines is 1. The Hall–Kier alpha value is -1.73. The minimum Gasteiger partial charge on any atom is -0.478 e. The summed E-state index contributed by atoms with van der Waals surface area (Å²) in [5.41, 5.74) is -0.241. The number of aromatic nitrogens is 3. The molecule has 0 fully saturated rings. The van der Waals surface area contributed by atoms with Crippen LogP contribution in [0.4, 0.5) is 0 Å². The van der Waals surface area contributed by atoms with E-state index in [0.717, 1.165) is 0 Å². The van der Waals surface area contributed by atoms with Crippen molar-refractivity contribution in [2.45, 2.75) is 29.9 Å². The first-order chi connectivity index (χ1) is 9.40. The molecule has 0 atom stereocenters. The van der Waals surface area contributed by atoms with Gasteiger partial charge in [0.25, 0.3) is 0 Å². The van der Waals surface area contributed by atoms with Crippen molar-refractivity contribution in [3.05, 3.63) is 39.3 Å². The van der Waals surface area contributed by atoms with Crippen molar-refractivity contribution in [3.8, 4) is 0 Å². The maximum Gasteiger partial charge on any atom is 0.344 e. The minimum absolute atomic E-state index is 0.0301. The lowest BCUT2D eigenvalue weighted by molar-refractivity contribution is 0.0697. The van der Waals surface area contributed by atoms with Gasteiger partial charge in [0.15, 0.2) is 5.16 Å². The van der Waals surface area contributed by atoms with Gasteiger partial charge in [0.1, 0.15) is 0 Å². The van der Waals surface area contributed by atoms with Crippen molar-refractivity contribution in [1.29, 1.82) is 0 Å². The molecule has 0 aliphatic carbocycles. The minimum atomic E-state index is -1.08. The summed E-state index contributed by atoms with van der Waals surface area (Å²) >= 11 is 7.15. The molecule has 0 bridgehead atoms. The van der Waals surface area contributed by atoms with E-state index in [9.17, 15) is 9.59 Å². The Morgan fingerprint density at radius 3 is 2.75 bits per heavy atom. The normalized spacial score (nSPS) is 11.0. The molecule has 2 rings (SSSR count). The van der Waals surface area contributed by atoms with Crippen LogP contribution < -0.4 is 5.69 Å². The van der Waals surface area contributed by atoms with Gasteiger partial charge in [0.05, 0.1) is 10.6 Å². The number of carboxylic acid groups (broad SMARTS) is 1. The number of nitrogens with one attached hydrogen (secondary N) is 1. The molecule has 1 aromatic heterocycles. The van der Waals surface area contributed by atoms with Gasteiger partial charge in [-0.3, -0.25) is 4.57 Å². The average molecular weight is 314 g/mol. The number of rotatable bonds is 4. The molecule has 20 heavy (non-hydrogen) atoms. The second kappa shape index (κ2) is 5.72. The maximum atomic E-state index is 11.6. The third-order valence-corrected chi connectivity index (χ3v) is 3.84. The van der Waals surface area contributed by atoms with Gasteiger partial charge in [-0.2, -0.15) is 0 Å². The molecule has 0 aliphatic heterocycles. The van der Waals surface area contributed by atoms with E-state index in [1.54, 1.807) is 12.1 Å². The Kier molecular flexibility index (Phi) is 4.20. The Morgan fingerprint density at radius 1 is 1.50 bits per heavy atom. The highest BCUT2D eigenvalue weighted by Gasteiger charge is 2.14. The quantitative estimate of drug-likeness (QED) is 0.906. The summed E-state index contributed by atoms with van der Waals surface area (Å²) in [6.07, 6.45) is 0. The molecule has 0 radical (unpaired) electrons. The Labute approximate surface area is 123 Å². The predicted molar refractivity (Wildman–Crippen MR) is 75.8 cm³/mol. The zero-order valence-electron chi connectivity index (χ0n) is 10.8. The van der Waals surface area contributed by atoms with E-state index in [0.29, 0.717) is 10.1 Å². The molecule has 8 heteroatoms. The molecule has 2 aromatic rings. The summed E-state index contributed by atoms with van der Waals surface area (Å²) in [6, 6.07) is 4.57. The first-order valence-corrected chi connectivity index (χ1v) is 6.97. The van der Waals surface area contributed by atoms with Crippen LogP contribution in [0.2, 0.25) is 5.02 Å². The largest absolute Gasteiger partial charge is 0.478 e. The number of carboxylic acids is 1. The highest BCUT2D eigenvalue weighted by atomic mass is 35.5. The Morgan fingerprint density at radius 2 is 2.20 bits per heavy atom. The van der Waals surface area contributed by atoms with E-state index >= 15 is 0 Å². The average Bonchev–Trinajstić information content (AvgIpc) is 2.70. The first-order valence-electron chi connectivity index (χ1n) is 5.77. The highest BCUT2D eigenvalue weighted by Crippen LogP contribution is 2.30. The second-order valence-corrected chi connectivity index (χ2v) is 5.77. The molecule has 0 saturated carbocycles. The van der Waals surface area contributed by atoms with Crippen LogP contribution in [0.15, 0.2) is 33.0 Å². The van der Waals surface area contributed by atoms with E-state index in [1.807, 2.05) is 13.8 Å². The number of H-pyrrole nitrogens is 1. The maximum absolute atomic E-state index is 11.6. The number of hydrogen-bond donors (Lipinski definition) is 2. The lowest BCUT2D eigenvalue weighted by Crippen LogP contribution is -2.19. The number of benzene rings is 1. The van der Waals surface area contributed by atoms with Gasteiger partial charge in [-0.05, 0) is 43.8 Å². The van der Waals surface area contributed by atoms with Gasteiger partial charge in [-0.1, -0.05) is 11.6 Å². The fraction of sp³-hybridized carbons (Fsp3) is 0.250. The van der Waals surface area contributed by atoms with Gasteiger partial charge >= 0.3 is 11.7 Å². The fourth-order valence-electron chi connectivity index (χ4n) is 1.66. The zero-order chi connectivity index (χ0) is 14.9. The summed E-state index contributed by atoms with van der Waals surface area (Å²) < 4.78 is 1.52. The number of hydrogen-bond acceptors (Lipinski definition) is 4. The Bertz CT molecular complexity index is 708. The molecule has 0 amide bonds. The molecular weight excluding hydrogens is 302 g/mol. The van der Waals surface area contributed by atoms with Crippen molar-refractivity contribution in [2.75, 3.05) is 0 Å². The topological polar surface area (TPSA) is 88.0 Å². The monoisotopic (exact) mass is 313 g/mol. The smallest absolute Gasteiger partial charge is 0.344 e. The van der Waals surface area contributed by atoms with Crippen LogP contribution >= 0.6 is 23.4 Å². The fourth-order valence-corrected chi connectivity index (χ4v) is 2.99. The van der Waals surface area contributed by atoms with Crippen LogP contribution in [-0.4, -0.2) is 25.8 Å². The molecule has 1 aromatic carbocycles. The lowest BCUT2D eigenvalue weighted by atomic mass is 10.2. The third kappa shape index (κ3) is 2.88. The van der Waals surface area contributed by atoms with Gasteiger partial charge in [0, 0.05) is 10.9 Å². The first kappa shape index (κ1) is 14.7. The number of halogens is 1. The van der Waals surface area contributed by atoms with Crippen molar-refractivity contribution in [3.63, 3.8) is 0 Å². The van der Waals surface area contributed by atoms with E-state index < -0.39 is 5.97 Å². The third-order valence-electron chi connectivity index (χ3n) is 2.57. The van der Waals surface area contributed by atoms with Gasteiger partial charge in [-0.25, -0.2) is 14.7 Å². The summed E-state index contributed by atoms with van der Waals surface area (Å²) in [6.45, 7) is 3.75. The van der Waals surface area contributed by atoms with E-state index in [-0.39, 0.29) is 22.3 Å². The van der Waals surface area contributed by atoms with Crippen LogP contribution in [0.1, 0.15) is 30.2 Å². The molecule has 0 aliphatic rings. The van der Waals surface area contributed by atoms with Crippen LogP contribution in [0, 0.1) is 0 Å². The van der Waals surface area contributed by atoms with Crippen LogP contribution in [0.5, 0.6) is 0 Å². The number of aromatic carboxylic acids is 1. The van der Waals surface area contributed by atoms with Crippen molar-refractivity contribution >= 4 is 29.3 Å². The molecular formula is C12H12ClN3O3S. The molecule has 6 nitrogen and oxygen atoms in total. The summed E-state index contributed by atoms with van der Waals surface area (Å²) in [7, 11) is 0. The van der Waals surface area contributed by atoms with E-state index in [1.165, 1.54) is 22.4 Å². The number of nitrogens with zero attached hydrogens (tertiary/aromatic N) is 2. The molecule has 0 unspecified atom stereocenters.